The van der Waals surface area contributed by atoms with Crippen LogP contribution in [0.2, 0.25) is 0 Å². The highest BCUT2D eigenvalue weighted by Crippen LogP contribution is 2.38. The number of rotatable bonds is 8. The smallest absolute Gasteiger partial charge is 0.416 e. The fourth-order valence-corrected chi connectivity index (χ4v) is 6.51. The zero-order valence-corrected chi connectivity index (χ0v) is 22.3. The maximum atomic E-state index is 13.2. The minimum absolute atomic E-state index is 0.0296. The highest BCUT2D eigenvalue weighted by atomic mass is 32.2. The van der Waals surface area contributed by atoms with Gasteiger partial charge in [-0.2, -0.15) is 13.2 Å². The summed E-state index contributed by atoms with van der Waals surface area (Å²) in [6.45, 7) is 1.83. The Morgan fingerprint density at radius 1 is 1.11 bits per heavy atom. The van der Waals surface area contributed by atoms with Crippen LogP contribution in [-0.4, -0.2) is 54.5 Å². The number of likely N-dealkylation sites (N-methyl/N-ethyl adjacent to an activating group) is 1. The number of sulfone groups is 1. The number of aromatic nitrogens is 3. The van der Waals surface area contributed by atoms with Gasteiger partial charge in [-0.25, -0.2) is 23.4 Å². The second-order valence-electron chi connectivity index (χ2n) is 9.73. The molecule has 4 rings (SSSR count). The van der Waals surface area contributed by atoms with Crippen LogP contribution in [0.1, 0.15) is 54.6 Å². The Bertz CT molecular complexity index is 1350. The van der Waals surface area contributed by atoms with Crippen LogP contribution in [0.3, 0.4) is 0 Å². The summed E-state index contributed by atoms with van der Waals surface area (Å²) in [5.74, 6) is 0.0439. The van der Waals surface area contributed by atoms with E-state index in [9.17, 15) is 21.6 Å². The van der Waals surface area contributed by atoms with Crippen molar-refractivity contribution in [3.63, 3.8) is 0 Å². The third-order valence-electron chi connectivity index (χ3n) is 6.93. The molecular weight excluding hydrogens is 517 g/mol. The van der Waals surface area contributed by atoms with Crippen molar-refractivity contribution in [3.8, 4) is 5.88 Å². The zero-order chi connectivity index (χ0) is 27.5. The lowest BCUT2D eigenvalue weighted by molar-refractivity contribution is -0.137. The lowest BCUT2D eigenvalue weighted by Crippen LogP contribution is -2.46. The Balaban J connectivity index is 1.51. The van der Waals surface area contributed by atoms with E-state index in [0.717, 1.165) is 6.07 Å². The first kappa shape index (κ1) is 28.0. The molecule has 1 saturated carbocycles. The zero-order valence-electron chi connectivity index (χ0n) is 21.5. The van der Waals surface area contributed by atoms with E-state index < -0.39 is 21.6 Å². The van der Waals surface area contributed by atoms with Gasteiger partial charge in [0.2, 0.25) is 5.88 Å². The molecular formula is C27H31F3N4O3S. The van der Waals surface area contributed by atoms with Gasteiger partial charge in [-0.3, -0.25) is 0 Å². The minimum atomic E-state index is -4.38. The molecule has 2 heterocycles. The predicted octanol–water partition coefficient (Wildman–Crippen LogP) is 5.07. The number of benzene rings is 1. The summed E-state index contributed by atoms with van der Waals surface area (Å²) < 4.78 is 72.1. The van der Waals surface area contributed by atoms with Crippen LogP contribution in [0.4, 0.5) is 13.2 Å². The van der Waals surface area contributed by atoms with E-state index in [4.69, 9.17) is 4.74 Å². The van der Waals surface area contributed by atoms with E-state index in [-0.39, 0.29) is 28.7 Å². The monoisotopic (exact) mass is 548 g/mol. The predicted molar refractivity (Wildman–Crippen MR) is 136 cm³/mol. The first-order valence-electron chi connectivity index (χ1n) is 12.5. The molecule has 0 radical (unpaired) electrons. The van der Waals surface area contributed by atoms with Gasteiger partial charge in [0, 0.05) is 18.3 Å². The number of halogens is 3. The van der Waals surface area contributed by atoms with Crippen LogP contribution in [0, 0.1) is 0 Å². The summed E-state index contributed by atoms with van der Waals surface area (Å²) >= 11 is 0. The molecule has 0 spiro atoms. The van der Waals surface area contributed by atoms with Crippen LogP contribution >= 0.6 is 0 Å². The molecule has 3 atom stereocenters. The topological polar surface area (TPSA) is 85.3 Å². The maximum Gasteiger partial charge on any atom is 0.416 e. The number of hydrogen-bond acceptors (Lipinski definition) is 7. The first-order valence-corrected chi connectivity index (χ1v) is 14.1. The highest BCUT2D eigenvalue weighted by molar-refractivity contribution is 7.90. The number of hydrogen-bond donors (Lipinski definition) is 0. The summed E-state index contributed by atoms with van der Waals surface area (Å²) in [6.07, 6.45) is 0.505. The van der Waals surface area contributed by atoms with Crippen molar-refractivity contribution in [1.29, 1.82) is 0 Å². The van der Waals surface area contributed by atoms with Gasteiger partial charge in [-0.05, 0) is 69.5 Å². The SMILES string of the molecule is CCc1nc(O[C@H]2CC[C@H](c3cccc(C(F)(F)F)c3)C[C@@H]2N(C)C)ccc1S(=O)(=O)Cc1ccncn1. The van der Waals surface area contributed by atoms with E-state index in [0.29, 0.717) is 48.5 Å². The van der Waals surface area contributed by atoms with E-state index in [1.54, 1.807) is 18.2 Å². The molecule has 0 unspecified atom stereocenters. The fraction of sp³-hybridized carbons (Fsp3) is 0.444. The van der Waals surface area contributed by atoms with E-state index in [2.05, 4.69) is 15.0 Å². The van der Waals surface area contributed by atoms with Crippen molar-refractivity contribution >= 4 is 9.84 Å². The van der Waals surface area contributed by atoms with Crippen molar-refractivity contribution in [3.05, 3.63) is 77.5 Å². The van der Waals surface area contributed by atoms with E-state index >= 15 is 0 Å². The Kier molecular flexibility index (Phi) is 8.37. The molecule has 0 N–H and O–H groups in total. The molecule has 204 valence electrons. The second-order valence-corrected chi connectivity index (χ2v) is 11.7. The van der Waals surface area contributed by atoms with Gasteiger partial charge in [0.1, 0.15) is 12.4 Å². The molecule has 0 bridgehead atoms. The average molecular weight is 549 g/mol. The summed E-state index contributed by atoms with van der Waals surface area (Å²) in [5, 5.41) is 0. The van der Waals surface area contributed by atoms with E-state index in [1.165, 1.54) is 30.7 Å². The van der Waals surface area contributed by atoms with Crippen LogP contribution in [0.25, 0.3) is 0 Å². The summed E-state index contributed by atoms with van der Waals surface area (Å²) in [7, 11) is 0.161. The Morgan fingerprint density at radius 3 is 2.55 bits per heavy atom. The molecule has 0 amide bonds. The highest BCUT2D eigenvalue weighted by Gasteiger charge is 2.36. The third kappa shape index (κ3) is 6.50. The van der Waals surface area contributed by atoms with Crippen molar-refractivity contribution in [2.45, 2.75) is 67.5 Å². The molecule has 7 nitrogen and oxygen atoms in total. The van der Waals surface area contributed by atoms with Crippen molar-refractivity contribution in [2.24, 2.45) is 0 Å². The quantitative estimate of drug-likeness (QED) is 0.389. The van der Waals surface area contributed by atoms with Gasteiger partial charge < -0.3 is 9.64 Å². The van der Waals surface area contributed by atoms with Gasteiger partial charge in [0.15, 0.2) is 9.84 Å². The maximum absolute atomic E-state index is 13.2. The van der Waals surface area contributed by atoms with Crippen LogP contribution < -0.4 is 4.74 Å². The van der Waals surface area contributed by atoms with E-state index in [1.807, 2.05) is 25.9 Å². The lowest BCUT2D eigenvalue weighted by Gasteiger charge is -2.39. The lowest BCUT2D eigenvalue weighted by atomic mass is 9.79. The molecule has 0 aliphatic heterocycles. The second kappa shape index (κ2) is 11.4. The molecule has 1 aliphatic rings. The Morgan fingerprint density at radius 2 is 1.89 bits per heavy atom. The molecule has 0 saturated heterocycles. The Hall–Kier alpha value is -3.05. The van der Waals surface area contributed by atoms with Crippen LogP contribution in [0.5, 0.6) is 5.88 Å². The minimum Gasteiger partial charge on any atom is -0.473 e. The van der Waals surface area contributed by atoms with Crippen molar-refractivity contribution < 1.29 is 26.3 Å². The molecule has 1 aliphatic carbocycles. The van der Waals surface area contributed by atoms with Crippen molar-refractivity contribution in [2.75, 3.05) is 14.1 Å². The number of aryl methyl sites for hydroxylation is 1. The van der Waals surface area contributed by atoms with Crippen molar-refractivity contribution in [1.82, 2.24) is 19.9 Å². The summed E-state index contributed by atoms with van der Waals surface area (Å²) in [4.78, 5) is 14.5. The molecule has 2 aromatic heterocycles. The average Bonchev–Trinajstić information content (AvgIpc) is 2.88. The third-order valence-corrected chi connectivity index (χ3v) is 8.65. The number of nitrogens with zero attached hydrogens (tertiary/aromatic N) is 4. The summed E-state index contributed by atoms with van der Waals surface area (Å²) in [5.41, 5.74) is 0.847. The van der Waals surface area contributed by atoms with Crippen LogP contribution in [0.15, 0.2) is 59.9 Å². The molecule has 1 aromatic carbocycles. The van der Waals surface area contributed by atoms with Gasteiger partial charge >= 0.3 is 6.18 Å². The summed E-state index contributed by atoms with van der Waals surface area (Å²) in [6, 6.07) is 10.1. The van der Waals surface area contributed by atoms with Gasteiger partial charge in [0.05, 0.1) is 27.6 Å². The van der Waals surface area contributed by atoms with Gasteiger partial charge in [-0.15, -0.1) is 0 Å². The molecule has 3 aromatic rings. The standard InChI is InChI=1S/C27H31F3N4O3S/c1-4-22-25(38(35,36)16-21-12-13-31-17-32-21)10-11-26(33-22)37-24-9-8-19(15-23(24)34(2)3)18-6-5-7-20(14-18)27(28,29)30/h5-7,10-14,17,19,23-24H,4,8-9,15-16H2,1-3H3/t19-,23-,24-/m0/s1. The van der Waals surface area contributed by atoms with Crippen LogP contribution in [-0.2, 0) is 28.2 Å². The molecule has 11 heteroatoms. The normalized spacial score (nSPS) is 20.4. The van der Waals surface area contributed by atoms with Gasteiger partial charge in [0.25, 0.3) is 0 Å². The first-order chi connectivity index (χ1) is 18.0. The number of pyridine rings is 1. The number of ether oxygens (including phenoxy) is 1. The Labute approximate surface area is 221 Å². The number of alkyl halides is 3. The molecule has 1 fully saturated rings. The molecule has 38 heavy (non-hydrogen) atoms. The fourth-order valence-electron chi connectivity index (χ4n) is 4.97. The van der Waals surface area contributed by atoms with Gasteiger partial charge in [-0.1, -0.05) is 25.1 Å². The largest absolute Gasteiger partial charge is 0.473 e.